The van der Waals surface area contributed by atoms with Crippen LogP contribution in [0, 0.1) is 0 Å². The maximum atomic E-state index is 11.0. The third-order valence-electron chi connectivity index (χ3n) is 1.54. The molecule has 0 saturated carbocycles. The van der Waals surface area contributed by atoms with Gasteiger partial charge in [0, 0.05) is 11.1 Å². The molecule has 3 heteroatoms. The molecule has 0 aliphatic rings. The van der Waals surface area contributed by atoms with E-state index in [0.29, 0.717) is 5.03 Å². The summed E-state index contributed by atoms with van der Waals surface area (Å²) in [6.07, 6.45) is 1.25. The van der Waals surface area contributed by atoms with E-state index in [0.717, 1.165) is 5.56 Å². The second-order valence-corrected chi connectivity index (χ2v) is 3.42. The standard InChI is InChI=1S/C11H11ClO2/c1-9(12)7-11(13)14-8-10-5-3-2-4-6-10/h2-7H,8H2,1H3/b9-7+. The smallest absolute Gasteiger partial charge is 0.332 e. The number of carbonyl (C=O) groups excluding carboxylic acids is 1. The van der Waals surface area contributed by atoms with Gasteiger partial charge in [0.2, 0.25) is 0 Å². The molecular formula is C11H11ClO2. The van der Waals surface area contributed by atoms with E-state index in [-0.39, 0.29) is 6.61 Å². The van der Waals surface area contributed by atoms with Crippen molar-refractivity contribution in [3.05, 3.63) is 47.0 Å². The maximum absolute atomic E-state index is 11.0. The minimum absolute atomic E-state index is 0.278. The van der Waals surface area contributed by atoms with E-state index in [2.05, 4.69) is 0 Å². The number of allylic oxidation sites excluding steroid dienone is 1. The first-order valence-corrected chi connectivity index (χ1v) is 4.61. The molecule has 0 N–H and O–H groups in total. The van der Waals surface area contributed by atoms with E-state index in [1.54, 1.807) is 6.92 Å². The van der Waals surface area contributed by atoms with Crippen molar-refractivity contribution < 1.29 is 9.53 Å². The number of ether oxygens (including phenoxy) is 1. The molecule has 0 amide bonds. The highest BCUT2D eigenvalue weighted by Gasteiger charge is 1.98. The first kappa shape index (κ1) is 10.8. The number of halogens is 1. The molecule has 0 atom stereocenters. The summed E-state index contributed by atoms with van der Waals surface area (Å²) in [5.41, 5.74) is 0.960. The van der Waals surface area contributed by atoms with Crippen LogP contribution in [0.4, 0.5) is 0 Å². The maximum Gasteiger partial charge on any atom is 0.332 e. The van der Waals surface area contributed by atoms with Gasteiger partial charge < -0.3 is 4.74 Å². The zero-order chi connectivity index (χ0) is 10.4. The number of carbonyl (C=O) groups is 1. The lowest BCUT2D eigenvalue weighted by atomic mass is 10.2. The van der Waals surface area contributed by atoms with Crippen molar-refractivity contribution >= 4 is 17.6 Å². The first-order chi connectivity index (χ1) is 6.68. The van der Waals surface area contributed by atoms with Crippen LogP contribution in [0.5, 0.6) is 0 Å². The topological polar surface area (TPSA) is 26.3 Å². The summed E-state index contributed by atoms with van der Waals surface area (Å²) in [7, 11) is 0. The van der Waals surface area contributed by atoms with Crippen LogP contribution in [-0.2, 0) is 16.1 Å². The van der Waals surface area contributed by atoms with E-state index < -0.39 is 5.97 Å². The Morgan fingerprint density at radius 1 is 1.43 bits per heavy atom. The Bertz CT molecular complexity index is 326. The molecule has 0 fully saturated rings. The molecule has 1 aromatic carbocycles. The second-order valence-electron chi connectivity index (χ2n) is 2.82. The van der Waals surface area contributed by atoms with Gasteiger partial charge in [0.05, 0.1) is 0 Å². The highest BCUT2D eigenvalue weighted by atomic mass is 35.5. The fraction of sp³-hybridized carbons (Fsp3) is 0.182. The number of rotatable bonds is 3. The van der Waals surface area contributed by atoms with Gasteiger partial charge in [0.15, 0.2) is 0 Å². The van der Waals surface area contributed by atoms with Crippen LogP contribution in [0.1, 0.15) is 12.5 Å². The monoisotopic (exact) mass is 210 g/mol. The molecule has 1 rings (SSSR count). The molecule has 74 valence electrons. The fourth-order valence-corrected chi connectivity index (χ4v) is 1.02. The predicted octanol–water partition coefficient (Wildman–Crippen LogP) is 2.87. The van der Waals surface area contributed by atoms with E-state index in [4.69, 9.17) is 16.3 Å². The van der Waals surface area contributed by atoms with E-state index in [9.17, 15) is 4.79 Å². The Kier molecular flexibility index (Phi) is 4.20. The van der Waals surface area contributed by atoms with Crippen molar-refractivity contribution in [1.29, 1.82) is 0 Å². The Balaban J connectivity index is 2.42. The minimum Gasteiger partial charge on any atom is -0.458 e. The number of benzene rings is 1. The quantitative estimate of drug-likeness (QED) is 0.567. The molecule has 0 radical (unpaired) electrons. The molecule has 0 aliphatic carbocycles. The van der Waals surface area contributed by atoms with Gasteiger partial charge >= 0.3 is 5.97 Å². The highest BCUT2D eigenvalue weighted by Crippen LogP contribution is 2.03. The van der Waals surface area contributed by atoms with Crippen LogP contribution < -0.4 is 0 Å². The third-order valence-corrected chi connectivity index (χ3v) is 1.65. The summed E-state index contributed by atoms with van der Waals surface area (Å²) >= 11 is 5.51. The number of esters is 1. The van der Waals surface area contributed by atoms with Gasteiger partial charge in [-0.1, -0.05) is 41.9 Å². The van der Waals surface area contributed by atoms with Crippen molar-refractivity contribution in [1.82, 2.24) is 0 Å². The van der Waals surface area contributed by atoms with Crippen molar-refractivity contribution in [2.24, 2.45) is 0 Å². The summed E-state index contributed by atoms with van der Waals surface area (Å²) in [6.45, 7) is 1.91. The summed E-state index contributed by atoms with van der Waals surface area (Å²) < 4.78 is 4.94. The lowest BCUT2D eigenvalue weighted by molar-refractivity contribution is -0.139. The molecule has 0 saturated heterocycles. The van der Waals surface area contributed by atoms with Gasteiger partial charge in [-0.2, -0.15) is 0 Å². The van der Waals surface area contributed by atoms with Crippen LogP contribution in [0.25, 0.3) is 0 Å². The van der Waals surface area contributed by atoms with Gasteiger partial charge in [-0.15, -0.1) is 0 Å². The zero-order valence-electron chi connectivity index (χ0n) is 7.87. The zero-order valence-corrected chi connectivity index (χ0v) is 8.62. The van der Waals surface area contributed by atoms with E-state index >= 15 is 0 Å². The van der Waals surface area contributed by atoms with Crippen LogP contribution >= 0.6 is 11.6 Å². The van der Waals surface area contributed by atoms with Crippen molar-refractivity contribution in [3.63, 3.8) is 0 Å². The van der Waals surface area contributed by atoms with Crippen molar-refractivity contribution in [2.75, 3.05) is 0 Å². The molecule has 14 heavy (non-hydrogen) atoms. The summed E-state index contributed by atoms with van der Waals surface area (Å²) in [5, 5.41) is 0.420. The van der Waals surface area contributed by atoms with Gasteiger partial charge in [-0.25, -0.2) is 4.79 Å². The molecule has 0 aromatic heterocycles. The molecule has 0 unspecified atom stereocenters. The van der Waals surface area contributed by atoms with E-state index in [1.165, 1.54) is 6.08 Å². The number of hydrogen-bond acceptors (Lipinski definition) is 2. The normalized spacial score (nSPS) is 11.1. The van der Waals surface area contributed by atoms with Crippen molar-refractivity contribution in [3.8, 4) is 0 Å². The van der Waals surface area contributed by atoms with Crippen LogP contribution in [0.2, 0.25) is 0 Å². The number of hydrogen-bond donors (Lipinski definition) is 0. The minimum atomic E-state index is -0.415. The average molecular weight is 211 g/mol. The summed E-state index contributed by atoms with van der Waals surface area (Å²) in [5.74, 6) is -0.415. The lowest BCUT2D eigenvalue weighted by Gasteiger charge is -2.01. The molecular weight excluding hydrogens is 200 g/mol. The largest absolute Gasteiger partial charge is 0.458 e. The molecule has 1 aromatic rings. The van der Waals surface area contributed by atoms with Crippen LogP contribution in [0.3, 0.4) is 0 Å². The highest BCUT2D eigenvalue weighted by molar-refractivity contribution is 6.30. The Hall–Kier alpha value is -1.28. The molecule has 0 aliphatic heterocycles. The predicted molar refractivity (Wildman–Crippen MR) is 55.8 cm³/mol. The molecule has 0 heterocycles. The average Bonchev–Trinajstić information content (AvgIpc) is 2.15. The van der Waals surface area contributed by atoms with Gasteiger partial charge in [-0.3, -0.25) is 0 Å². The van der Waals surface area contributed by atoms with Crippen molar-refractivity contribution in [2.45, 2.75) is 13.5 Å². The molecule has 0 bridgehead atoms. The van der Waals surface area contributed by atoms with Gasteiger partial charge in [0.1, 0.15) is 6.61 Å². The lowest BCUT2D eigenvalue weighted by Crippen LogP contribution is -2.00. The molecule has 2 nitrogen and oxygen atoms in total. The molecule has 0 spiro atoms. The Labute approximate surface area is 88.1 Å². The van der Waals surface area contributed by atoms with Gasteiger partial charge in [0.25, 0.3) is 0 Å². The second kappa shape index (κ2) is 5.45. The van der Waals surface area contributed by atoms with Gasteiger partial charge in [-0.05, 0) is 12.5 Å². The SMILES string of the molecule is C/C(Cl)=C\C(=O)OCc1ccccc1. The summed E-state index contributed by atoms with van der Waals surface area (Å²) in [4.78, 5) is 11.0. The Morgan fingerprint density at radius 3 is 2.64 bits per heavy atom. The first-order valence-electron chi connectivity index (χ1n) is 4.23. The van der Waals surface area contributed by atoms with E-state index in [1.807, 2.05) is 30.3 Å². The third kappa shape index (κ3) is 4.10. The van der Waals surface area contributed by atoms with Crippen LogP contribution in [-0.4, -0.2) is 5.97 Å². The summed E-state index contributed by atoms with van der Waals surface area (Å²) in [6, 6.07) is 9.49. The van der Waals surface area contributed by atoms with Crippen LogP contribution in [0.15, 0.2) is 41.4 Å². The fourth-order valence-electron chi connectivity index (χ4n) is 0.933. The Morgan fingerprint density at radius 2 is 2.07 bits per heavy atom.